The van der Waals surface area contributed by atoms with Crippen LogP contribution in [0.1, 0.15) is 32.3 Å². The van der Waals surface area contributed by atoms with E-state index in [1.165, 1.54) is 4.57 Å². The van der Waals surface area contributed by atoms with Gasteiger partial charge in [-0.2, -0.15) is 0 Å². The van der Waals surface area contributed by atoms with Crippen LogP contribution in [0.25, 0.3) is 16.6 Å². The maximum absolute atomic E-state index is 13.3. The summed E-state index contributed by atoms with van der Waals surface area (Å²) in [6.07, 6.45) is 0. The van der Waals surface area contributed by atoms with E-state index in [9.17, 15) is 14.4 Å². The fraction of sp³-hybridized carbons (Fsp3) is 0.273. The van der Waals surface area contributed by atoms with Gasteiger partial charge in [0.15, 0.2) is 5.16 Å². The van der Waals surface area contributed by atoms with Crippen LogP contribution in [-0.4, -0.2) is 33.7 Å². The van der Waals surface area contributed by atoms with Gasteiger partial charge in [0.25, 0.3) is 5.56 Å². The van der Waals surface area contributed by atoms with E-state index in [2.05, 4.69) is 18.8 Å². The number of esters is 1. The molecule has 1 aromatic heterocycles. The van der Waals surface area contributed by atoms with Crippen LogP contribution in [0.2, 0.25) is 0 Å². The number of hydrogen-bond acceptors (Lipinski definition) is 6. The lowest BCUT2D eigenvalue weighted by molar-refractivity contribution is -0.152. The third kappa shape index (κ3) is 4.40. The van der Waals surface area contributed by atoms with Crippen molar-refractivity contribution >= 4 is 34.4 Å². The highest BCUT2D eigenvalue weighted by atomic mass is 32.2. The zero-order chi connectivity index (χ0) is 21.0. The molecule has 0 amide bonds. The first-order valence-electron chi connectivity index (χ1n) is 9.37. The summed E-state index contributed by atoms with van der Waals surface area (Å²) in [5, 5.41) is 0.853. The average molecular weight is 410 g/mol. The summed E-state index contributed by atoms with van der Waals surface area (Å²) in [4.78, 5) is 41.7. The molecule has 2 aromatic carbocycles. The molecule has 0 spiro atoms. The van der Waals surface area contributed by atoms with Crippen LogP contribution in [0.15, 0.2) is 58.5 Å². The molecule has 7 heteroatoms. The van der Waals surface area contributed by atoms with Crippen LogP contribution in [-0.2, 0) is 14.3 Å². The number of Topliss-reactive ketones (excluding diaryl/α,β-unsaturated/α-hetero) is 1. The van der Waals surface area contributed by atoms with E-state index in [4.69, 9.17) is 4.74 Å². The lowest BCUT2D eigenvalue weighted by atomic mass is 10.0. The van der Waals surface area contributed by atoms with E-state index in [-0.39, 0.29) is 23.8 Å². The number of hydrogen-bond donors (Lipinski definition) is 0. The second-order valence-electron chi connectivity index (χ2n) is 6.70. The largest absolute Gasteiger partial charge is 0.460 e. The molecule has 1 heterocycles. The summed E-state index contributed by atoms with van der Waals surface area (Å²) in [5.74, 6) is -1.52. The predicted octanol–water partition coefficient (Wildman–Crippen LogP) is 3.73. The number of carbonyl (C=O) groups excluding carboxylic acids is 2. The first-order chi connectivity index (χ1) is 13.9. The van der Waals surface area contributed by atoms with Gasteiger partial charge in [-0.3, -0.25) is 14.2 Å². The zero-order valence-corrected chi connectivity index (χ0v) is 17.4. The molecule has 0 saturated carbocycles. The summed E-state index contributed by atoms with van der Waals surface area (Å²) >= 11 is 1.06. The minimum atomic E-state index is -0.878. The van der Waals surface area contributed by atoms with Gasteiger partial charge in [-0.15, -0.1) is 0 Å². The minimum Gasteiger partial charge on any atom is -0.460 e. The predicted molar refractivity (Wildman–Crippen MR) is 114 cm³/mol. The first-order valence-corrected chi connectivity index (χ1v) is 10.4. The fourth-order valence-corrected chi connectivity index (χ4v) is 3.85. The van der Waals surface area contributed by atoms with E-state index in [0.717, 1.165) is 23.0 Å². The van der Waals surface area contributed by atoms with Gasteiger partial charge in [-0.25, -0.2) is 9.78 Å². The van der Waals surface area contributed by atoms with Crippen molar-refractivity contribution in [2.45, 2.75) is 31.8 Å². The Hall–Kier alpha value is -2.93. The van der Waals surface area contributed by atoms with E-state index in [1.54, 1.807) is 31.2 Å². The van der Waals surface area contributed by atoms with Gasteiger partial charge in [0.1, 0.15) is 0 Å². The van der Waals surface area contributed by atoms with Crippen molar-refractivity contribution in [1.82, 2.24) is 9.55 Å². The molecular formula is C22H22N2O4S. The van der Waals surface area contributed by atoms with Crippen molar-refractivity contribution in [2.75, 3.05) is 12.4 Å². The fourth-order valence-electron chi connectivity index (χ4n) is 3.00. The van der Waals surface area contributed by atoms with E-state index >= 15 is 0 Å². The Morgan fingerprint density at radius 3 is 2.52 bits per heavy atom. The topological polar surface area (TPSA) is 78.3 Å². The molecule has 3 aromatic rings. The summed E-state index contributed by atoms with van der Waals surface area (Å²) in [6.45, 7) is 5.88. The molecule has 0 N–H and O–H groups in total. The van der Waals surface area contributed by atoms with Crippen LogP contribution < -0.4 is 5.56 Å². The summed E-state index contributed by atoms with van der Waals surface area (Å²) in [6, 6.07) is 14.7. The molecule has 0 atom stereocenters. The van der Waals surface area contributed by atoms with Crippen LogP contribution >= 0.6 is 11.8 Å². The van der Waals surface area contributed by atoms with E-state index in [0.29, 0.717) is 16.1 Å². The smallest absolute Gasteiger partial charge is 0.375 e. The Balaban J connectivity index is 2.14. The number of carbonyl (C=O) groups is 2. The number of aromatic nitrogens is 2. The molecule has 0 bridgehead atoms. The van der Waals surface area contributed by atoms with Gasteiger partial charge in [-0.1, -0.05) is 55.9 Å². The number of nitrogens with zero attached hydrogens (tertiary/aromatic N) is 2. The van der Waals surface area contributed by atoms with Crippen molar-refractivity contribution in [3.8, 4) is 5.69 Å². The highest BCUT2D eigenvalue weighted by Crippen LogP contribution is 2.27. The average Bonchev–Trinajstić information content (AvgIpc) is 2.72. The molecule has 3 rings (SSSR count). The second kappa shape index (κ2) is 9.05. The molecule has 0 saturated heterocycles. The van der Waals surface area contributed by atoms with E-state index < -0.39 is 11.8 Å². The van der Waals surface area contributed by atoms with Crippen LogP contribution in [0.3, 0.4) is 0 Å². The Labute approximate surface area is 172 Å². The molecule has 0 aliphatic carbocycles. The van der Waals surface area contributed by atoms with Crippen molar-refractivity contribution in [3.05, 3.63) is 64.4 Å². The summed E-state index contributed by atoms with van der Waals surface area (Å²) < 4.78 is 6.29. The molecule has 0 fully saturated rings. The molecule has 0 aliphatic heterocycles. The van der Waals surface area contributed by atoms with Crippen LogP contribution in [0, 0.1) is 0 Å². The van der Waals surface area contributed by atoms with Crippen molar-refractivity contribution in [2.24, 2.45) is 0 Å². The first kappa shape index (κ1) is 20.8. The van der Waals surface area contributed by atoms with Crippen LogP contribution in [0.4, 0.5) is 0 Å². The van der Waals surface area contributed by atoms with Gasteiger partial charge in [0.05, 0.1) is 29.0 Å². The standard InChI is InChI=1S/C22H22N2O4S/c1-4-28-21(27)19(25)13-29-22-23-17-11-7-5-10-16(17)20(26)24(22)18-12-8-6-9-15(18)14(2)3/h5-12,14H,4,13H2,1-3H3. The molecule has 0 unspecified atom stereocenters. The second-order valence-corrected chi connectivity index (χ2v) is 7.64. The molecule has 29 heavy (non-hydrogen) atoms. The molecule has 6 nitrogen and oxygen atoms in total. The third-order valence-corrected chi connectivity index (χ3v) is 5.32. The SMILES string of the molecule is CCOC(=O)C(=O)CSc1nc2ccccc2c(=O)n1-c1ccccc1C(C)C. The lowest BCUT2D eigenvalue weighted by Gasteiger charge is -2.18. The molecule has 150 valence electrons. The number of fused-ring (bicyclic) bond motifs is 1. The molecule has 0 radical (unpaired) electrons. The Kier molecular flexibility index (Phi) is 6.49. The number of ketones is 1. The van der Waals surface area contributed by atoms with Gasteiger partial charge in [0.2, 0.25) is 5.78 Å². The normalized spacial score (nSPS) is 11.0. The summed E-state index contributed by atoms with van der Waals surface area (Å²) in [7, 11) is 0. The summed E-state index contributed by atoms with van der Waals surface area (Å²) in [5.41, 5.74) is 2.04. The van der Waals surface area contributed by atoms with Crippen molar-refractivity contribution in [3.63, 3.8) is 0 Å². The lowest BCUT2D eigenvalue weighted by Crippen LogP contribution is -2.24. The monoisotopic (exact) mass is 410 g/mol. The Morgan fingerprint density at radius 2 is 1.79 bits per heavy atom. The third-order valence-electron chi connectivity index (χ3n) is 4.38. The van der Waals surface area contributed by atoms with Crippen molar-refractivity contribution < 1.29 is 14.3 Å². The van der Waals surface area contributed by atoms with Gasteiger partial charge >= 0.3 is 5.97 Å². The number of thioether (sulfide) groups is 1. The van der Waals surface area contributed by atoms with Gasteiger partial charge in [-0.05, 0) is 36.6 Å². The maximum atomic E-state index is 13.3. The number of ether oxygens (including phenoxy) is 1. The van der Waals surface area contributed by atoms with Crippen LogP contribution in [0.5, 0.6) is 0 Å². The highest BCUT2D eigenvalue weighted by molar-refractivity contribution is 7.99. The molecular weight excluding hydrogens is 388 g/mol. The maximum Gasteiger partial charge on any atom is 0.375 e. The quantitative estimate of drug-likeness (QED) is 0.256. The van der Waals surface area contributed by atoms with Crippen molar-refractivity contribution in [1.29, 1.82) is 0 Å². The molecule has 0 aliphatic rings. The van der Waals surface area contributed by atoms with E-state index in [1.807, 2.05) is 24.3 Å². The minimum absolute atomic E-state index is 0.135. The van der Waals surface area contributed by atoms with Gasteiger partial charge < -0.3 is 4.74 Å². The zero-order valence-electron chi connectivity index (χ0n) is 16.5. The Bertz CT molecular complexity index is 1120. The highest BCUT2D eigenvalue weighted by Gasteiger charge is 2.20. The number of para-hydroxylation sites is 2. The number of benzene rings is 2. The van der Waals surface area contributed by atoms with Gasteiger partial charge in [0, 0.05) is 0 Å². The number of rotatable bonds is 7. The Morgan fingerprint density at radius 1 is 1.10 bits per heavy atom.